The molecule has 1 atom stereocenters. The number of hydrogen-bond acceptors (Lipinski definition) is 3. The highest BCUT2D eigenvalue weighted by atomic mass is 35.5. The van der Waals surface area contributed by atoms with E-state index in [0.29, 0.717) is 39.6 Å². The molecule has 0 saturated carbocycles. The van der Waals surface area contributed by atoms with E-state index in [4.69, 9.17) is 23.2 Å². The van der Waals surface area contributed by atoms with E-state index >= 15 is 0 Å². The Bertz CT molecular complexity index is 1450. The van der Waals surface area contributed by atoms with Crippen molar-refractivity contribution in [1.29, 1.82) is 5.41 Å². The van der Waals surface area contributed by atoms with E-state index in [1.54, 1.807) is 29.2 Å². The number of hydrogen-bond donors (Lipinski definition) is 2. The van der Waals surface area contributed by atoms with Crippen LogP contribution in [0.3, 0.4) is 0 Å². The zero-order chi connectivity index (χ0) is 26.5. The molecule has 1 aliphatic heterocycles. The van der Waals surface area contributed by atoms with Crippen LogP contribution in [0.25, 0.3) is 5.76 Å². The number of Topliss-reactive ketones (excluding diaryl/α,β-unsaturated/α-hetero) is 1. The second-order valence-electron chi connectivity index (χ2n) is 10.6. The van der Waals surface area contributed by atoms with Crippen LogP contribution in [0.2, 0.25) is 10.0 Å². The second kappa shape index (κ2) is 9.51. The third-order valence-corrected chi connectivity index (χ3v) is 7.59. The average molecular weight is 531 g/mol. The van der Waals surface area contributed by atoms with Crippen LogP contribution in [-0.2, 0) is 4.79 Å². The van der Waals surface area contributed by atoms with Gasteiger partial charge in [-0.05, 0) is 60.7 Å². The van der Waals surface area contributed by atoms with Gasteiger partial charge in [0.15, 0.2) is 5.78 Å². The smallest absolute Gasteiger partial charge is 0.162 e. The van der Waals surface area contributed by atoms with Crippen molar-refractivity contribution in [1.82, 2.24) is 0 Å². The third kappa shape index (κ3) is 4.72. The molecule has 37 heavy (non-hydrogen) atoms. The predicted molar refractivity (Wildman–Crippen MR) is 152 cm³/mol. The van der Waals surface area contributed by atoms with Crippen LogP contribution in [-0.4, -0.2) is 16.7 Å². The topological polar surface area (TPSA) is 64.4 Å². The summed E-state index contributed by atoms with van der Waals surface area (Å²) in [5, 5.41) is 22.3. The van der Waals surface area contributed by atoms with Crippen molar-refractivity contribution >= 4 is 46.3 Å². The van der Waals surface area contributed by atoms with E-state index in [0.717, 1.165) is 22.5 Å². The van der Waals surface area contributed by atoms with Crippen molar-refractivity contribution in [2.75, 3.05) is 4.90 Å². The summed E-state index contributed by atoms with van der Waals surface area (Å²) in [6.07, 6.45) is 0.998. The number of aryl methyl sites for hydroxylation is 1. The third-order valence-electron chi connectivity index (χ3n) is 7.09. The summed E-state index contributed by atoms with van der Waals surface area (Å²) < 4.78 is 0. The minimum atomic E-state index is -0.604. The maximum atomic E-state index is 13.9. The Labute approximate surface area is 227 Å². The van der Waals surface area contributed by atoms with Gasteiger partial charge < -0.3 is 5.11 Å². The molecular formula is C31H28Cl2N2O2. The zero-order valence-corrected chi connectivity index (χ0v) is 22.5. The fourth-order valence-electron chi connectivity index (χ4n) is 5.34. The minimum Gasteiger partial charge on any atom is -0.507 e. The molecule has 6 heteroatoms. The first-order valence-corrected chi connectivity index (χ1v) is 13.0. The fraction of sp³-hybridized carbons (Fsp3) is 0.226. The molecule has 0 aromatic heterocycles. The molecule has 0 amide bonds. The number of carbonyl (C=O) groups excluding carboxylic acids is 1. The summed E-state index contributed by atoms with van der Waals surface area (Å²) in [7, 11) is 0. The highest BCUT2D eigenvalue weighted by Gasteiger charge is 2.46. The van der Waals surface area contributed by atoms with Gasteiger partial charge in [0, 0.05) is 50.5 Å². The van der Waals surface area contributed by atoms with Crippen LogP contribution in [0.4, 0.5) is 5.69 Å². The van der Waals surface area contributed by atoms with E-state index in [9.17, 15) is 15.3 Å². The van der Waals surface area contributed by atoms with Gasteiger partial charge in [-0.2, -0.15) is 0 Å². The number of nitrogens with zero attached hydrogens (tertiary/aromatic N) is 1. The Balaban J connectivity index is 1.84. The van der Waals surface area contributed by atoms with Gasteiger partial charge in [-0.25, -0.2) is 0 Å². The van der Waals surface area contributed by atoms with Gasteiger partial charge in [-0.3, -0.25) is 15.1 Å². The standard InChI is InChI=1S/C31H28Cl2N2O2/c1-18-4-6-20(7-5-18)29(37)28-26(19-8-10-21(32)11-9-19)27-24(16-31(2,3)17-25(27)36)35(30(28)34)23-14-12-22(33)13-15-23/h4-15,26,34,37H,16-17H2,1-3H3. The Kier molecular flexibility index (Phi) is 6.51. The quantitative estimate of drug-likeness (QED) is 0.333. The van der Waals surface area contributed by atoms with Crippen molar-refractivity contribution in [3.05, 3.63) is 116 Å². The van der Waals surface area contributed by atoms with Crippen LogP contribution in [0.5, 0.6) is 0 Å². The number of aliphatic hydroxyl groups excluding tert-OH is 1. The average Bonchev–Trinajstić information content (AvgIpc) is 2.84. The zero-order valence-electron chi connectivity index (χ0n) is 21.0. The predicted octanol–water partition coefficient (Wildman–Crippen LogP) is 8.50. The molecule has 0 bridgehead atoms. The van der Waals surface area contributed by atoms with Crippen molar-refractivity contribution in [2.24, 2.45) is 5.41 Å². The molecule has 2 aliphatic rings. The van der Waals surface area contributed by atoms with E-state index < -0.39 is 5.92 Å². The number of rotatable bonds is 3. The summed E-state index contributed by atoms with van der Waals surface area (Å²) in [5.74, 6) is -0.474. The summed E-state index contributed by atoms with van der Waals surface area (Å²) in [5.41, 5.74) is 4.68. The lowest BCUT2D eigenvalue weighted by atomic mass is 9.67. The van der Waals surface area contributed by atoms with Gasteiger partial charge in [0.25, 0.3) is 0 Å². The maximum absolute atomic E-state index is 13.9. The molecule has 5 rings (SSSR count). The molecule has 1 unspecified atom stereocenters. The van der Waals surface area contributed by atoms with Gasteiger partial charge >= 0.3 is 0 Å². The van der Waals surface area contributed by atoms with Gasteiger partial charge in [-0.1, -0.05) is 79.0 Å². The Morgan fingerprint density at radius 2 is 1.49 bits per heavy atom. The van der Waals surface area contributed by atoms with Crippen LogP contribution in [0.15, 0.2) is 89.6 Å². The molecule has 3 aromatic rings. The summed E-state index contributed by atoms with van der Waals surface area (Å²) >= 11 is 12.4. The SMILES string of the molecule is Cc1ccc(C(O)=C2C(=N)N(c3ccc(Cl)cc3)C3=C(C(=O)CC(C)(C)C3)C2c2ccc(Cl)cc2)cc1. The maximum Gasteiger partial charge on any atom is 0.162 e. The minimum absolute atomic E-state index is 0.0202. The van der Waals surface area contributed by atoms with Crippen molar-refractivity contribution in [3.63, 3.8) is 0 Å². The molecule has 3 aromatic carbocycles. The Morgan fingerprint density at radius 3 is 2.08 bits per heavy atom. The molecule has 0 saturated heterocycles. The monoisotopic (exact) mass is 530 g/mol. The van der Waals surface area contributed by atoms with Gasteiger partial charge in [0.05, 0.1) is 0 Å². The fourth-order valence-corrected chi connectivity index (χ4v) is 5.60. The number of amidine groups is 1. The van der Waals surface area contributed by atoms with E-state index in [1.165, 1.54) is 0 Å². The van der Waals surface area contributed by atoms with E-state index in [2.05, 4.69) is 13.8 Å². The van der Waals surface area contributed by atoms with Crippen molar-refractivity contribution in [2.45, 2.75) is 39.5 Å². The number of allylic oxidation sites excluding steroid dienone is 2. The first-order chi connectivity index (χ1) is 17.6. The molecule has 0 spiro atoms. The molecule has 1 aliphatic carbocycles. The number of nitrogens with one attached hydrogen (secondary N) is 1. The molecule has 0 radical (unpaired) electrons. The molecular weight excluding hydrogens is 503 g/mol. The van der Waals surface area contributed by atoms with Crippen molar-refractivity contribution < 1.29 is 9.90 Å². The van der Waals surface area contributed by atoms with E-state index in [-0.39, 0.29) is 22.8 Å². The van der Waals surface area contributed by atoms with Crippen LogP contribution in [0.1, 0.15) is 49.3 Å². The first-order valence-electron chi connectivity index (χ1n) is 12.2. The summed E-state index contributed by atoms with van der Waals surface area (Å²) in [6, 6.07) is 22.1. The van der Waals surface area contributed by atoms with Crippen molar-refractivity contribution in [3.8, 4) is 0 Å². The lowest BCUT2D eigenvalue weighted by Crippen LogP contribution is -2.45. The van der Waals surface area contributed by atoms with E-state index in [1.807, 2.05) is 55.5 Å². The molecule has 188 valence electrons. The molecule has 2 N–H and O–H groups in total. The number of aliphatic hydroxyl groups is 1. The lowest BCUT2D eigenvalue weighted by Gasteiger charge is -2.45. The lowest BCUT2D eigenvalue weighted by molar-refractivity contribution is -0.118. The van der Waals surface area contributed by atoms with Crippen LogP contribution in [0, 0.1) is 17.7 Å². The summed E-state index contributed by atoms with van der Waals surface area (Å²) in [6.45, 7) is 6.13. The number of ketones is 1. The van der Waals surface area contributed by atoms with Gasteiger partial charge in [-0.15, -0.1) is 0 Å². The van der Waals surface area contributed by atoms with Gasteiger partial charge in [0.1, 0.15) is 11.6 Å². The first kappa shape index (κ1) is 25.3. The normalized spacial score (nSPS) is 20.7. The van der Waals surface area contributed by atoms with Crippen LogP contribution < -0.4 is 4.90 Å². The van der Waals surface area contributed by atoms with Crippen LogP contribution >= 0.6 is 23.2 Å². The summed E-state index contributed by atoms with van der Waals surface area (Å²) in [4.78, 5) is 15.7. The molecule has 0 fully saturated rings. The highest BCUT2D eigenvalue weighted by Crippen LogP contribution is 2.51. The second-order valence-corrected chi connectivity index (χ2v) is 11.4. The number of halogens is 2. The largest absolute Gasteiger partial charge is 0.507 e. The highest BCUT2D eigenvalue weighted by molar-refractivity contribution is 6.31. The van der Waals surface area contributed by atoms with Gasteiger partial charge in [0.2, 0.25) is 0 Å². The number of carbonyl (C=O) groups is 1. The molecule has 1 heterocycles. The number of benzene rings is 3. The molecule has 4 nitrogen and oxygen atoms in total. The number of anilines is 1. The Hall–Kier alpha value is -3.34. The Morgan fingerprint density at radius 1 is 0.919 bits per heavy atom.